The maximum atomic E-state index is 12.5. The van der Waals surface area contributed by atoms with Gasteiger partial charge in [-0.05, 0) is 51.4 Å². The Morgan fingerprint density at radius 3 is 0.959 bits per heavy atom. The third kappa shape index (κ3) is 59.8. The first-order valence-corrected chi connectivity index (χ1v) is 33.9. The SMILES string of the molecule is CCCCCCCCCCCCCCCCCCCCCC(O)C(CO)NC(=O)CCCCCCCCC/C=C\CCCCCCCCCCCOC(=O)CCCCCCCCCCCCCCCCCCCC. The van der Waals surface area contributed by atoms with Crippen LogP contribution in [-0.2, 0) is 14.3 Å². The van der Waals surface area contributed by atoms with Gasteiger partial charge in [-0.15, -0.1) is 0 Å². The van der Waals surface area contributed by atoms with Crippen LogP contribution in [-0.4, -0.2) is 47.4 Å². The lowest BCUT2D eigenvalue weighted by atomic mass is 10.0. The molecule has 2 atom stereocenters. The molecule has 440 valence electrons. The summed E-state index contributed by atoms with van der Waals surface area (Å²) in [4.78, 5) is 24.6. The average molecular weight is 1040 g/mol. The number of esters is 1. The van der Waals surface area contributed by atoms with Gasteiger partial charge >= 0.3 is 5.97 Å². The monoisotopic (exact) mass is 1040 g/mol. The third-order valence-corrected chi connectivity index (χ3v) is 16.1. The zero-order chi connectivity index (χ0) is 53.6. The van der Waals surface area contributed by atoms with Gasteiger partial charge in [0.1, 0.15) is 0 Å². The molecule has 2 unspecified atom stereocenters. The molecule has 0 aromatic heterocycles. The first kappa shape index (κ1) is 72.6. The van der Waals surface area contributed by atoms with Crippen molar-refractivity contribution in [2.24, 2.45) is 0 Å². The summed E-state index contributed by atoms with van der Waals surface area (Å²) >= 11 is 0. The second-order valence-corrected chi connectivity index (χ2v) is 23.5. The van der Waals surface area contributed by atoms with Gasteiger partial charge in [0, 0.05) is 12.8 Å². The summed E-state index contributed by atoms with van der Waals surface area (Å²) in [6.45, 7) is 4.99. The van der Waals surface area contributed by atoms with E-state index in [9.17, 15) is 19.8 Å². The summed E-state index contributed by atoms with van der Waals surface area (Å²) in [5.41, 5.74) is 0. The Kier molecular flexibility index (Phi) is 62.9. The van der Waals surface area contributed by atoms with Crippen molar-refractivity contribution in [1.29, 1.82) is 0 Å². The Balaban J connectivity index is 3.40. The van der Waals surface area contributed by atoms with Crippen molar-refractivity contribution < 1.29 is 24.5 Å². The molecule has 0 aromatic rings. The summed E-state index contributed by atoms with van der Waals surface area (Å²) in [5.74, 6) is -0.0277. The van der Waals surface area contributed by atoms with Crippen molar-refractivity contribution in [2.45, 2.75) is 398 Å². The Morgan fingerprint density at radius 1 is 0.365 bits per heavy atom. The fourth-order valence-corrected chi connectivity index (χ4v) is 10.9. The minimum atomic E-state index is -0.670. The van der Waals surface area contributed by atoms with Crippen LogP contribution in [0.15, 0.2) is 12.2 Å². The van der Waals surface area contributed by atoms with Crippen LogP contribution in [0, 0.1) is 0 Å². The van der Waals surface area contributed by atoms with Crippen molar-refractivity contribution in [3.05, 3.63) is 12.2 Å². The van der Waals surface area contributed by atoms with E-state index in [2.05, 4.69) is 31.3 Å². The maximum Gasteiger partial charge on any atom is 0.305 e. The van der Waals surface area contributed by atoms with Gasteiger partial charge in [0.2, 0.25) is 5.91 Å². The average Bonchev–Trinajstić information content (AvgIpc) is 3.40. The molecule has 0 bridgehead atoms. The smallest absolute Gasteiger partial charge is 0.305 e. The molecular weight excluding hydrogens is 911 g/mol. The lowest BCUT2D eigenvalue weighted by molar-refractivity contribution is -0.143. The number of unbranched alkanes of at least 4 members (excludes halogenated alkanes) is 51. The molecule has 0 spiro atoms. The van der Waals surface area contributed by atoms with Crippen molar-refractivity contribution in [3.63, 3.8) is 0 Å². The largest absolute Gasteiger partial charge is 0.466 e. The van der Waals surface area contributed by atoms with Crippen molar-refractivity contribution in [1.82, 2.24) is 5.32 Å². The van der Waals surface area contributed by atoms with Crippen LogP contribution in [0.4, 0.5) is 0 Å². The minimum Gasteiger partial charge on any atom is -0.466 e. The second-order valence-electron chi connectivity index (χ2n) is 23.5. The predicted octanol–water partition coefficient (Wildman–Crippen LogP) is 21.6. The Hall–Kier alpha value is -1.40. The fourth-order valence-electron chi connectivity index (χ4n) is 10.9. The van der Waals surface area contributed by atoms with Crippen LogP contribution in [0.5, 0.6) is 0 Å². The second kappa shape index (κ2) is 64.1. The van der Waals surface area contributed by atoms with Crippen LogP contribution in [0.1, 0.15) is 386 Å². The number of nitrogens with one attached hydrogen (secondary N) is 1. The van der Waals surface area contributed by atoms with Crippen LogP contribution < -0.4 is 5.32 Å². The number of hydrogen-bond donors (Lipinski definition) is 3. The van der Waals surface area contributed by atoms with Gasteiger partial charge in [-0.25, -0.2) is 0 Å². The predicted molar refractivity (Wildman–Crippen MR) is 324 cm³/mol. The van der Waals surface area contributed by atoms with Crippen LogP contribution in [0.2, 0.25) is 0 Å². The lowest BCUT2D eigenvalue weighted by Gasteiger charge is -2.22. The van der Waals surface area contributed by atoms with Crippen molar-refractivity contribution in [3.8, 4) is 0 Å². The van der Waals surface area contributed by atoms with Crippen LogP contribution in [0.3, 0.4) is 0 Å². The minimum absolute atomic E-state index is 0.0118. The Labute approximate surface area is 463 Å². The molecule has 0 saturated heterocycles. The summed E-state index contributed by atoms with van der Waals surface area (Å²) in [6, 6.07) is -0.548. The number of carbonyl (C=O) groups is 2. The zero-order valence-corrected chi connectivity index (χ0v) is 50.4. The normalized spacial score (nSPS) is 12.5. The first-order chi connectivity index (χ1) is 36.5. The molecular formula is C68H133NO5. The molecule has 0 aliphatic rings. The zero-order valence-electron chi connectivity index (χ0n) is 50.4. The van der Waals surface area contributed by atoms with E-state index in [1.165, 1.54) is 315 Å². The maximum absolute atomic E-state index is 12.5. The summed E-state index contributed by atoms with van der Waals surface area (Å²) < 4.78 is 5.50. The quantitative estimate of drug-likeness (QED) is 0.0320. The highest BCUT2D eigenvalue weighted by Crippen LogP contribution is 2.19. The van der Waals surface area contributed by atoms with E-state index < -0.39 is 12.1 Å². The van der Waals surface area contributed by atoms with E-state index in [1.807, 2.05) is 0 Å². The highest BCUT2D eigenvalue weighted by atomic mass is 16.5. The molecule has 74 heavy (non-hydrogen) atoms. The molecule has 6 nitrogen and oxygen atoms in total. The van der Waals surface area contributed by atoms with Crippen LogP contribution >= 0.6 is 0 Å². The van der Waals surface area contributed by atoms with E-state index in [0.717, 1.165) is 38.5 Å². The molecule has 0 rings (SSSR count). The number of amides is 1. The van der Waals surface area contributed by atoms with Gasteiger partial charge in [-0.3, -0.25) is 9.59 Å². The van der Waals surface area contributed by atoms with Gasteiger partial charge in [0.25, 0.3) is 0 Å². The number of aliphatic hydroxyl groups excluding tert-OH is 2. The number of aliphatic hydroxyl groups is 2. The molecule has 0 fully saturated rings. The van der Waals surface area contributed by atoms with E-state index in [4.69, 9.17) is 4.74 Å². The first-order valence-electron chi connectivity index (χ1n) is 33.9. The number of hydrogen-bond acceptors (Lipinski definition) is 5. The topological polar surface area (TPSA) is 95.9 Å². The highest BCUT2D eigenvalue weighted by molar-refractivity contribution is 5.76. The summed E-state index contributed by atoms with van der Waals surface area (Å²) in [7, 11) is 0. The van der Waals surface area contributed by atoms with Crippen molar-refractivity contribution in [2.75, 3.05) is 13.2 Å². The summed E-state index contributed by atoms with van der Waals surface area (Å²) in [5, 5.41) is 23.4. The Morgan fingerprint density at radius 2 is 0.635 bits per heavy atom. The molecule has 0 aliphatic heterocycles. The summed E-state index contributed by atoms with van der Waals surface area (Å²) in [6.07, 6.45) is 78.1. The molecule has 0 aliphatic carbocycles. The number of ether oxygens (including phenoxy) is 1. The van der Waals surface area contributed by atoms with Gasteiger partial charge in [0.05, 0.1) is 25.4 Å². The van der Waals surface area contributed by atoms with E-state index in [0.29, 0.717) is 25.9 Å². The fraction of sp³-hybridized carbons (Fsp3) is 0.941. The molecule has 0 radical (unpaired) electrons. The van der Waals surface area contributed by atoms with Gasteiger partial charge in [0.15, 0.2) is 0 Å². The molecule has 3 N–H and O–H groups in total. The van der Waals surface area contributed by atoms with Gasteiger partial charge < -0.3 is 20.3 Å². The highest BCUT2D eigenvalue weighted by Gasteiger charge is 2.20. The van der Waals surface area contributed by atoms with E-state index in [-0.39, 0.29) is 18.5 Å². The molecule has 0 heterocycles. The molecule has 0 saturated carbocycles. The third-order valence-electron chi connectivity index (χ3n) is 16.1. The van der Waals surface area contributed by atoms with Crippen molar-refractivity contribution >= 4 is 11.9 Å². The molecule has 6 heteroatoms. The number of carbonyl (C=O) groups excluding carboxylic acids is 2. The molecule has 1 amide bonds. The molecule has 0 aromatic carbocycles. The standard InChI is InChI=1S/C68H133NO5/c1-3-5-7-9-11-13-15-17-19-21-25-28-32-36-40-44-48-52-56-60-66(71)65(64-70)69-67(72)61-57-53-49-45-41-37-33-29-26-23-24-27-31-35-39-43-47-51-55-59-63-74-68(73)62-58-54-50-46-42-38-34-30-22-20-18-16-14-12-10-8-6-4-2/h23,26,65-66,70-71H,3-22,24-25,27-64H2,1-2H3,(H,69,72)/b26-23-. The van der Waals surface area contributed by atoms with Crippen LogP contribution in [0.25, 0.3) is 0 Å². The van der Waals surface area contributed by atoms with Gasteiger partial charge in [-0.2, -0.15) is 0 Å². The van der Waals surface area contributed by atoms with Gasteiger partial charge in [-0.1, -0.05) is 334 Å². The Bertz CT molecular complexity index is 1110. The number of rotatable bonds is 64. The van der Waals surface area contributed by atoms with E-state index >= 15 is 0 Å². The lowest BCUT2D eigenvalue weighted by Crippen LogP contribution is -2.45. The number of allylic oxidation sites excluding steroid dienone is 2. The van der Waals surface area contributed by atoms with E-state index in [1.54, 1.807) is 0 Å².